The van der Waals surface area contributed by atoms with Gasteiger partial charge in [0, 0.05) is 24.4 Å². The third-order valence-corrected chi connectivity index (χ3v) is 1.75. The van der Waals surface area contributed by atoms with Crippen LogP contribution in [0.3, 0.4) is 0 Å². The third-order valence-electron chi connectivity index (χ3n) is 1.75. The van der Waals surface area contributed by atoms with Crippen LogP contribution in [0.1, 0.15) is 27.2 Å². The number of aliphatic hydroxyl groups is 1. The molecule has 2 atom stereocenters. The lowest BCUT2D eigenvalue weighted by molar-refractivity contribution is -0.154. The van der Waals surface area contributed by atoms with E-state index in [2.05, 4.69) is 15.3 Å². The van der Waals surface area contributed by atoms with Crippen molar-refractivity contribution in [3.63, 3.8) is 0 Å². The van der Waals surface area contributed by atoms with Crippen LogP contribution in [0, 0.1) is 0 Å². The van der Waals surface area contributed by atoms with Crippen molar-refractivity contribution in [2.75, 3.05) is 6.54 Å². The minimum absolute atomic E-state index is 0.0625. The number of carbonyl (C=O) groups excluding carboxylic acids is 1. The van der Waals surface area contributed by atoms with Gasteiger partial charge in [-0.25, -0.2) is 0 Å². The Labute approximate surface area is 94.4 Å². The van der Waals surface area contributed by atoms with Crippen LogP contribution in [0.2, 0.25) is 0 Å². The molecule has 92 valence electrons. The van der Waals surface area contributed by atoms with Crippen LogP contribution in [-0.2, 0) is 9.53 Å². The lowest BCUT2D eigenvalue weighted by Gasteiger charge is -2.24. The molecule has 0 bridgehead atoms. The predicted octanol–water partition coefficient (Wildman–Crippen LogP) is 0.935. The van der Waals surface area contributed by atoms with E-state index in [1.54, 1.807) is 0 Å². The molecule has 0 spiro atoms. The molecule has 0 heterocycles. The van der Waals surface area contributed by atoms with E-state index in [-0.39, 0.29) is 19.0 Å². The van der Waals surface area contributed by atoms with Gasteiger partial charge in [0.2, 0.25) is 0 Å². The third kappa shape index (κ3) is 7.05. The zero-order valence-corrected chi connectivity index (χ0v) is 9.75. The minimum Gasteiger partial charge on any atom is -0.458 e. The van der Waals surface area contributed by atoms with Gasteiger partial charge >= 0.3 is 5.97 Å². The van der Waals surface area contributed by atoms with Crippen molar-refractivity contribution in [1.29, 1.82) is 0 Å². The molecule has 0 aromatic heterocycles. The number of aliphatic hydroxyl groups excluding tert-OH is 1. The van der Waals surface area contributed by atoms with E-state index < -0.39 is 18.3 Å². The first-order valence-electron chi connectivity index (χ1n) is 5.09. The Kier molecular flexibility index (Phi) is 7.28. The summed E-state index contributed by atoms with van der Waals surface area (Å²) in [6.07, 6.45) is -1.38. The number of carbonyl (C=O) groups is 1. The summed E-state index contributed by atoms with van der Waals surface area (Å²) in [4.78, 5) is 13.4. The molecule has 0 aliphatic heterocycles. The summed E-state index contributed by atoms with van der Waals surface area (Å²) in [6.45, 7) is 5.16. The second-order valence-electron chi connectivity index (χ2n) is 3.66. The lowest BCUT2D eigenvalue weighted by atomic mass is 10.2. The Bertz CT molecular complexity index is 263. The first-order valence-corrected chi connectivity index (χ1v) is 5.09. The maximum absolute atomic E-state index is 10.8. The highest BCUT2D eigenvalue weighted by molar-refractivity contribution is 5.66. The van der Waals surface area contributed by atoms with Crippen molar-refractivity contribution in [3.8, 4) is 0 Å². The highest BCUT2D eigenvalue weighted by Crippen LogP contribution is 2.05. The monoisotopic (exact) mass is 230 g/mol. The number of azide groups is 1. The van der Waals surface area contributed by atoms with E-state index >= 15 is 0 Å². The number of esters is 1. The Morgan fingerprint density at radius 1 is 1.62 bits per heavy atom. The van der Waals surface area contributed by atoms with Gasteiger partial charge in [-0.2, -0.15) is 0 Å². The molecule has 0 fully saturated rings. The van der Waals surface area contributed by atoms with Gasteiger partial charge in [0.25, 0.3) is 0 Å². The molecular formula is C9H18N4O3. The van der Waals surface area contributed by atoms with Crippen LogP contribution >= 0.6 is 0 Å². The summed E-state index contributed by atoms with van der Waals surface area (Å²) >= 11 is 0. The number of hydrogen-bond acceptors (Lipinski definition) is 5. The highest BCUT2D eigenvalue weighted by Gasteiger charge is 2.21. The van der Waals surface area contributed by atoms with Gasteiger partial charge in [-0.15, -0.1) is 0 Å². The van der Waals surface area contributed by atoms with Crippen molar-refractivity contribution in [2.45, 2.75) is 45.6 Å². The molecule has 0 aliphatic carbocycles. The fourth-order valence-electron chi connectivity index (χ4n) is 1.17. The molecule has 0 aliphatic rings. The smallest absolute Gasteiger partial charge is 0.303 e. The first-order chi connectivity index (χ1) is 7.47. The summed E-state index contributed by atoms with van der Waals surface area (Å²) in [5, 5.41) is 15.9. The second-order valence-corrected chi connectivity index (χ2v) is 3.66. The van der Waals surface area contributed by atoms with E-state index in [0.717, 1.165) is 0 Å². The molecule has 0 saturated carbocycles. The van der Waals surface area contributed by atoms with Gasteiger partial charge in [0.1, 0.15) is 12.3 Å². The summed E-state index contributed by atoms with van der Waals surface area (Å²) in [5.74, 6) is -0.476. The van der Waals surface area contributed by atoms with Crippen molar-refractivity contribution in [3.05, 3.63) is 10.4 Å². The molecule has 0 amide bonds. The van der Waals surface area contributed by atoms with Crippen molar-refractivity contribution in [1.82, 2.24) is 5.32 Å². The SMILES string of the molecule is CC(=O)O[C@@H](CCN=[N+]=[N-])C(O)NC(C)C. The van der Waals surface area contributed by atoms with E-state index in [4.69, 9.17) is 10.3 Å². The molecule has 0 rings (SSSR count). The van der Waals surface area contributed by atoms with E-state index in [9.17, 15) is 9.90 Å². The maximum atomic E-state index is 10.8. The maximum Gasteiger partial charge on any atom is 0.303 e. The van der Waals surface area contributed by atoms with Crippen molar-refractivity contribution >= 4 is 5.97 Å². The number of nitrogens with one attached hydrogen (secondary N) is 1. The molecule has 0 radical (unpaired) electrons. The Hall–Kier alpha value is -1.30. The Morgan fingerprint density at radius 3 is 2.69 bits per heavy atom. The van der Waals surface area contributed by atoms with Gasteiger partial charge in [-0.3, -0.25) is 10.1 Å². The van der Waals surface area contributed by atoms with Crippen LogP contribution in [0.15, 0.2) is 5.11 Å². The molecule has 1 unspecified atom stereocenters. The van der Waals surface area contributed by atoms with Crippen molar-refractivity contribution < 1.29 is 14.6 Å². The van der Waals surface area contributed by atoms with Crippen molar-refractivity contribution in [2.24, 2.45) is 5.11 Å². The standard InChI is InChI=1S/C9H18N4O3/c1-6(2)12-9(15)8(16-7(3)14)4-5-11-13-10/h6,8-9,12,15H,4-5H2,1-3H3/t8-,9?/m0/s1. The number of hydrogen-bond donors (Lipinski definition) is 2. The fraction of sp³-hybridized carbons (Fsp3) is 0.889. The van der Waals surface area contributed by atoms with E-state index in [1.807, 2.05) is 13.8 Å². The summed E-state index contributed by atoms with van der Waals surface area (Å²) in [6, 6.07) is 0.0625. The van der Waals surface area contributed by atoms with Gasteiger partial charge in [0.15, 0.2) is 0 Å². The number of rotatable bonds is 7. The van der Waals surface area contributed by atoms with Gasteiger partial charge in [-0.05, 0) is 25.8 Å². The number of ether oxygens (including phenoxy) is 1. The van der Waals surface area contributed by atoms with Crippen LogP contribution < -0.4 is 5.32 Å². The van der Waals surface area contributed by atoms with Crippen LogP contribution in [-0.4, -0.2) is 36.0 Å². The molecule has 16 heavy (non-hydrogen) atoms. The zero-order valence-electron chi connectivity index (χ0n) is 9.75. The van der Waals surface area contributed by atoms with Crippen LogP contribution in [0.25, 0.3) is 10.4 Å². The molecule has 7 heteroatoms. The summed E-state index contributed by atoms with van der Waals surface area (Å²) in [7, 11) is 0. The van der Waals surface area contributed by atoms with Crippen LogP contribution in [0.4, 0.5) is 0 Å². The summed E-state index contributed by atoms with van der Waals surface area (Å²) in [5.41, 5.74) is 8.12. The minimum atomic E-state index is -0.960. The average Bonchev–Trinajstić information content (AvgIpc) is 2.14. The Morgan fingerprint density at radius 2 is 2.25 bits per heavy atom. The van der Waals surface area contributed by atoms with E-state index in [1.165, 1.54) is 6.92 Å². The van der Waals surface area contributed by atoms with E-state index in [0.29, 0.717) is 0 Å². The molecule has 0 saturated heterocycles. The van der Waals surface area contributed by atoms with Gasteiger partial charge in [0.05, 0.1) is 0 Å². The normalized spacial score (nSPS) is 14.1. The average molecular weight is 230 g/mol. The Balaban J connectivity index is 4.27. The predicted molar refractivity (Wildman–Crippen MR) is 58.5 cm³/mol. The zero-order chi connectivity index (χ0) is 12.6. The molecule has 0 aromatic carbocycles. The summed E-state index contributed by atoms with van der Waals surface area (Å²) < 4.78 is 4.92. The largest absolute Gasteiger partial charge is 0.458 e. The molecule has 7 nitrogen and oxygen atoms in total. The van der Waals surface area contributed by atoms with Crippen LogP contribution in [0.5, 0.6) is 0 Å². The topological polar surface area (TPSA) is 107 Å². The molecular weight excluding hydrogens is 212 g/mol. The fourth-order valence-corrected chi connectivity index (χ4v) is 1.17. The quantitative estimate of drug-likeness (QED) is 0.223. The lowest BCUT2D eigenvalue weighted by Crippen LogP contribution is -2.45. The van der Waals surface area contributed by atoms with Gasteiger partial charge in [-0.1, -0.05) is 5.11 Å². The number of nitrogens with zero attached hydrogens (tertiary/aromatic N) is 3. The van der Waals surface area contributed by atoms with Gasteiger partial charge < -0.3 is 9.84 Å². The second kappa shape index (κ2) is 7.92. The first kappa shape index (κ1) is 14.7. The molecule has 0 aromatic rings. The highest BCUT2D eigenvalue weighted by atomic mass is 16.6. The molecule has 2 N–H and O–H groups in total.